The summed E-state index contributed by atoms with van der Waals surface area (Å²) in [5, 5.41) is 7.41. The second kappa shape index (κ2) is 6.62. The minimum absolute atomic E-state index is 0.573. The van der Waals surface area contributed by atoms with Crippen LogP contribution in [0.25, 0.3) is 0 Å². The third-order valence-electron chi connectivity index (χ3n) is 6.62. The Hall–Kier alpha value is -0.770. The van der Waals surface area contributed by atoms with Crippen molar-refractivity contribution in [3.8, 4) is 0 Å². The first-order valence-electron chi connectivity index (χ1n) is 10.00. The highest BCUT2D eigenvalue weighted by molar-refractivity contribution is 5.80. The van der Waals surface area contributed by atoms with Crippen LogP contribution in [0.5, 0.6) is 0 Å². The standard InChI is InChI=1S/C19H34N4/c1-13-10-15(12-23(13)16-8-9-16)21-19(20-2)22-18-11-17(18)14-6-4-3-5-7-14/h13-18H,3-12H2,1-2H3,(H2,20,21,22). The summed E-state index contributed by atoms with van der Waals surface area (Å²) in [6, 6.07) is 2.87. The fourth-order valence-corrected chi connectivity index (χ4v) is 5.08. The number of nitrogens with zero attached hydrogens (tertiary/aromatic N) is 2. The number of aliphatic imine (C=N–C) groups is 1. The van der Waals surface area contributed by atoms with E-state index in [0.29, 0.717) is 12.1 Å². The molecule has 4 atom stereocenters. The Balaban J connectivity index is 1.24. The molecule has 3 saturated carbocycles. The van der Waals surface area contributed by atoms with Crippen LogP contribution in [-0.4, -0.2) is 48.6 Å². The van der Waals surface area contributed by atoms with Gasteiger partial charge in [-0.25, -0.2) is 0 Å². The predicted molar refractivity (Wildman–Crippen MR) is 95.7 cm³/mol. The van der Waals surface area contributed by atoms with Crippen LogP contribution in [0.2, 0.25) is 0 Å². The lowest BCUT2D eigenvalue weighted by molar-refractivity contribution is 0.256. The fraction of sp³-hybridized carbons (Fsp3) is 0.947. The Morgan fingerprint density at radius 3 is 2.48 bits per heavy atom. The molecule has 0 amide bonds. The lowest BCUT2D eigenvalue weighted by Gasteiger charge is -2.23. The minimum atomic E-state index is 0.573. The van der Waals surface area contributed by atoms with Gasteiger partial charge in [0.05, 0.1) is 0 Å². The van der Waals surface area contributed by atoms with E-state index >= 15 is 0 Å². The van der Waals surface area contributed by atoms with E-state index in [0.717, 1.165) is 29.9 Å². The predicted octanol–water partition coefficient (Wildman–Crippen LogP) is 2.75. The average Bonchev–Trinajstić information content (AvgIpc) is 3.48. The molecule has 2 N–H and O–H groups in total. The molecule has 1 heterocycles. The SMILES string of the molecule is CN=C(NC1CC(C)N(C2CC2)C1)NC1CC1C1CCCCC1. The minimum Gasteiger partial charge on any atom is -0.353 e. The van der Waals surface area contributed by atoms with Gasteiger partial charge in [-0.05, 0) is 44.4 Å². The first-order chi connectivity index (χ1) is 11.2. The van der Waals surface area contributed by atoms with Gasteiger partial charge in [-0.2, -0.15) is 0 Å². The fourth-order valence-electron chi connectivity index (χ4n) is 5.08. The number of rotatable bonds is 4. The summed E-state index contributed by atoms with van der Waals surface area (Å²) in [6.45, 7) is 3.58. The molecule has 0 aromatic heterocycles. The van der Waals surface area contributed by atoms with Gasteiger partial charge < -0.3 is 10.6 Å². The van der Waals surface area contributed by atoms with E-state index in [1.807, 2.05) is 7.05 Å². The van der Waals surface area contributed by atoms with Gasteiger partial charge in [-0.3, -0.25) is 9.89 Å². The van der Waals surface area contributed by atoms with E-state index in [-0.39, 0.29) is 0 Å². The Morgan fingerprint density at radius 2 is 1.78 bits per heavy atom. The molecule has 4 unspecified atom stereocenters. The Labute approximate surface area is 141 Å². The van der Waals surface area contributed by atoms with E-state index in [4.69, 9.17) is 0 Å². The van der Waals surface area contributed by atoms with Gasteiger partial charge in [0.2, 0.25) is 0 Å². The lowest BCUT2D eigenvalue weighted by Crippen LogP contribution is -2.46. The number of likely N-dealkylation sites (tertiary alicyclic amines) is 1. The van der Waals surface area contributed by atoms with Crippen molar-refractivity contribution in [2.24, 2.45) is 16.8 Å². The molecule has 130 valence electrons. The van der Waals surface area contributed by atoms with Gasteiger partial charge in [-0.1, -0.05) is 32.1 Å². The topological polar surface area (TPSA) is 39.7 Å². The summed E-state index contributed by atoms with van der Waals surface area (Å²) in [5.41, 5.74) is 0. The number of nitrogens with one attached hydrogen (secondary N) is 2. The smallest absolute Gasteiger partial charge is 0.191 e. The Kier molecular flexibility index (Phi) is 4.53. The second-order valence-electron chi connectivity index (χ2n) is 8.47. The van der Waals surface area contributed by atoms with Crippen molar-refractivity contribution in [1.29, 1.82) is 0 Å². The van der Waals surface area contributed by atoms with Gasteiger partial charge >= 0.3 is 0 Å². The van der Waals surface area contributed by atoms with Crippen LogP contribution in [0.1, 0.15) is 64.7 Å². The highest BCUT2D eigenvalue weighted by atomic mass is 15.3. The highest BCUT2D eigenvalue weighted by Gasteiger charge is 2.44. The molecule has 23 heavy (non-hydrogen) atoms. The van der Waals surface area contributed by atoms with E-state index < -0.39 is 0 Å². The molecule has 0 aromatic rings. The molecule has 4 nitrogen and oxygen atoms in total. The van der Waals surface area contributed by atoms with Crippen LogP contribution in [0.15, 0.2) is 4.99 Å². The molecular weight excluding hydrogens is 284 g/mol. The van der Waals surface area contributed by atoms with Crippen molar-refractivity contribution in [2.45, 2.75) is 88.9 Å². The van der Waals surface area contributed by atoms with Crippen molar-refractivity contribution in [1.82, 2.24) is 15.5 Å². The zero-order chi connectivity index (χ0) is 15.8. The molecule has 0 spiro atoms. The summed E-state index contributed by atoms with van der Waals surface area (Å²) < 4.78 is 0. The maximum Gasteiger partial charge on any atom is 0.191 e. The average molecular weight is 319 g/mol. The molecule has 1 aliphatic heterocycles. The molecule has 4 fully saturated rings. The van der Waals surface area contributed by atoms with Gasteiger partial charge in [0.25, 0.3) is 0 Å². The maximum atomic E-state index is 4.50. The molecule has 0 radical (unpaired) electrons. The van der Waals surface area contributed by atoms with Crippen molar-refractivity contribution in [3.05, 3.63) is 0 Å². The van der Waals surface area contributed by atoms with E-state index in [1.165, 1.54) is 64.3 Å². The van der Waals surface area contributed by atoms with Gasteiger partial charge in [-0.15, -0.1) is 0 Å². The lowest BCUT2D eigenvalue weighted by atomic mass is 9.85. The second-order valence-corrected chi connectivity index (χ2v) is 8.47. The number of guanidine groups is 1. The summed E-state index contributed by atoms with van der Waals surface area (Å²) in [5.74, 6) is 2.94. The molecule has 0 aromatic carbocycles. The van der Waals surface area contributed by atoms with E-state index in [1.54, 1.807) is 0 Å². The normalized spacial score (nSPS) is 39.5. The van der Waals surface area contributed by atoms with Crippen LogP contribution in [0.3, 0.4) is 0 Å². The zero-order valence-corrected chi connectivity index (χ0v) is 14.9. The first kappa shape index (κ1) is 15.7. The largest absolute Gasteiger partial charge is 0.353 e. The molecule has 4 rings (SSSR count). The molecule has 4 aliphatic rings. The monoisotopic (exact) mass is 318 g/mol. The maximum absolute atomic E-state index is 4.50. The molecule has 1 saturated heterocycles. The third-order valence-corrected chi connectivity index (χ3v) is 6.62. The Morgan fingerprint density at radius 1 is 1.00 bits per heavy atom. The number of hydrogen-bond acceptors (Lipinski definition) is 2. The summed E-state index contributed by atoms with van der Waals surface area (Å²) in [4.78, 5) is 7.20. The number of hydrogen-bond donors (Lipinski definition) is 2. The van der Waals surface area contributed by atoms with Crippen LogP contribution in [0.4, 0.5) is 0 Å². The van der Waals surface area contributed by atoms with Crippen molar-refractivity contribution >= 4 is 5.96 Å². The summed E-state index contributed by atoms with van der Waals surface area (Å²) in [7, 11) is 1.92. The van der Waals surface area contributed by atoms with Crippen LogP contribution >= 0.6 is 0 Å². The van der Waals surface area contributed by atoms with Gasteiger partial charge in [0.1, 0.15) is 0 Å². The summed E-state index contributed by atoms with van der Waals surface area (Å²) >= 11 is 0. The molecule has 3 aliphatic carbocycles. The quantitative estimate of drug-likeness (QED) is 0.618. The first-order valence-corrected chi connectivity index (χ1v) is 10.00. The third kappa shape index (κ3) is 3.67. The van der Waals surface area contributed by atoms with E-state index in [2.05, 4.69) is 27.4 Å². The van der Waals surface area contributed by atoms with Gasteiger partial charge in [0.15, 0.2) is 5.96 Å². The Bertz CT molecular complexity index is 439. The van der Waals surface area contributed by atoms with E-state index in [9.17, 15) is 0 Å². The molecular formula is C19H34N4. The van der Waals surface area contributed by atoms with Crippen LogP contribution in [-0.2, 0) is 0 Å². The van der Waals surface area contributed by atoms with Crippen LogP contribution < -0.4 is 10.6 Å². The zero-order valence-electron chi connectivity index (χ0n) is 14.9. The molecule has 0 bridgehead atoms. The highest BCUT2D eigenvalue weighted by Crippen LogP contribution is 2.44. The molecule has 4 heteroatoms. The van der Waals surface area contributed by atoms with Crippen molar-refractivity contribution < 1.29 is 0 Å². The summed E-state index contributed by atoms with van der Waals surface area (Å²) in [6.07, 6.45) is 12.7. The van der Waals surface area contributed by atoms with Crippen LogP contribution in [0, 0.1) is 11.8 Å². The van der Waals surface area contributed by atoms with Crippen molar-refractivity contribution in [3.63, 3.8) is 0 Å². The van der Waals surface area contributed by atoms with Gasteiger partial charge in [0, 0.05) is 37.8 Å². The van der Waals surface area contributed by atoms with Crippen molar-refractivity contribution in [2.75, 3.05) is 13.6 Å².